The second kappa shape index (κ2) is 6.94. The van der Waals surface area contributed by atoms with Crippen LogP contribution in [0.3, 0.4) is 0 Å². The molecule has 0 bridgehead atoms. The topological polar surface area (TPSA) is 67.4 Å². The van der Waals surface area contributed by atoms with Gasteiger partial charge in [-0.3, -0.25) is 4.79 Å². The molecule has 0 aliphatic heterocycles. The minimum Gasteiger partial charge on any atom is -0.469 e. The first kappa shape index (κ1) is 12.5. The summed E-state index contributed by atoms with van der Waals surface area (Å²) >= 11 is 0. The summed E-state index contributed by atoms with van der Waals surface area (Å²) in [6, 6.07) is -0.324. The number of esters is 1. The number of ether oxygens (including phenoxy) is 1. The lowest BCUT2D eigenvalue weighted by Gasteiger charge is -2.03. The van der Waals surface area contributed by atoms with Gasteiger partial charge >= 0.3 is 12.0 Å². The molecule has 2 amide bonds. The Labute approximate surface area is 83.5 Å². The lowest BCUT2D eigenvalue weighted by atomic mass is 10.4. The van der Waals surface area contributed by atoms with E-state index in [4.69, 9.17) is 0 Å². The summed E-state index contributed by atoms with van der Waals surface area (Å²) in [4.78, 5) is 21.7. The van der Waals surface area contributed by atoms with Gasteiger partial charge in [0.25, 0.3) is 0 Å². The van der Waals surface area contributed by atoms with Gasteiger partial charge in [-0.2, -0.15) is 0 Å². The molecule has 0 rings (SSSR count). The minimum absolute atomic E-state index is 0.179. The number of carbonyl (C=O) groups excluding carboxylic acids is 2. The Morgan fingerprint density at radius 1 is 1.36 bits per heavy atom. The van der Waals surface area contributed by atoms with Crippen LogP contribution in [-0.2, 0) is 9.53 Å². The van der Waals surface area contributed by atoms with Crippen LogP contribution >= 0.6 is 0 Å². The molecule has 5 nitrogen and oxygen atoms in total. The Morgan fingerprint density at radius 3 is 2.50 bits per heavy atom. The Balaban J connectivity index is 3.55. The third-order valence-corrected chi connectivity index (χ3v) is 1.33. The van der Waals surface area contributed by atoms with Crippen LogP contribution in [0, 0.1) is 0 Å². The van der Waals surface area contributed by atoms with E-state index in [0.29, 0.717) is 0 Å². The molecule has 0 aromatic rings. The summed E-state index contributed by atoms with van der Waals surface area (Å²) in [5.74, 6) is -0.340. The highest BCUT2D eigenvalue weighted by atomic mass is 16.5. The quantitative estimate of drug-likeness (QED) is 0.659. The molecule has 0 aliphatic carbocycles. The van der Waals surface area contributed by atoms with Crippen molar-refractivity contribution >= 4 is 12.0 Å². The summed E-state index contributed by atoms with van der Waals surface area (Å²) < 4.78 is 4.41. The van der Waals surface area contributed by atoms with Gasteiger partial charge in [0.2, 0.25) is 0 Å². The molecule has 0 aromatic carbocycles. The summed E-state index contributed by atoms with van der Waals surface area (Å²) in [6.07, 6.45) is 1.77. The predicted octanol–water partition coefficient (Wildman–Crippen LogP) is 0.772. The molecule has 0 atom stereocenters. The minimum atomic E-state index is -0.340. The first-order valence-corrected chi connectivity index (χ1v) is 4.31. The van der Waals surface area contributed by atoms with E-state index in [1.807, 2.05) is 13.8 Å². The molecule has 0 heterocycles. The number of carbonyl (C=O) groups is 2. The molecule has 5 heteroatoms. The van der Waals surface area contributed by atoms with Crippen molar-refractivity contribution in [1.82, 2.24) is 10.6 Å². The van der Waals surface area contributed by atoms with E-state index in [9.17, 15) is 9.59 Å². The van der Waals surface area contributed by atoms with Gasteiger partial charge in [-0.1, -0.05) is 5.57 Å². The van der Waals surface area contributed by atoms with Gasteiger partial charge in [0, 0.05) is 12.7 Å². The van der Waals surface area contributed by atoms with Crippen molar-refractivity contribution in [2.45, 2.75) is 20.3 Å². The molecule has 0 aliphatic rings. The highest BCUT2D eigenvalue weighted by Crippen LogP contribution is 1.84. The van der Waals surface area contributed by atoms with Gasteiger partial charge in [-0.15, -0.1) is 0 Å². The van der Waals surface area contributed by atoms with E-state index >= 15 is 0 Å². The standard InChI is InChI=1S/C9H16N2O3/c1-7(2)6-11-9(13)10-5-4-8(12)14-3/h6H,4-5H2,1-3H3,(H2,10,11,13). The van der Waals surface area contributed by atoms with Crippen LogP contribution in [-0.4, -0.2) is 25.7 Å². The van der Waals surface area contributed by atoms with Crippen LogP contribution < -0.4 is 10.6 Å². The first-order valence-electron chi connectivity index (χ1n) is 4.31. The number of rotatable bonds is 4. The molecule has 0 unspecified atom stereocenters. The number of methoxy groups -OCH3 is 1. The molecule has 0 fully saturated rings. The number of allylic oxidation sites excluding steroid dienone is 1. The van der Waals surface area contributed by atoms with Crippen molar-refractivity contribution in [3.05, 3.63) is 11.8 Å². The van der Waals surface area contributed by atoms with E-state index in [-0.39, 0.29) is 25.0 Å². The van der Waals surface area contributed by atoms with E-state index < -0.39 is 0 Å². The second-order valence-corrected chi connectivity index (χ2v) is 2.95. The Kier molecular flexibility index (Phi) is 6.19. The highest BCUT2D eigenvalue weighted by molar-refractivity contribution is 5.76. The third-order valence-electron chi connectivity index (χ3n) is 1.33. The van der Waals surface area contributed by atoms with E-state index in [2.05, 4.69) is 15.4 Å². The average molecular weight is 200 g/mol. The van der Waals surface area contributed by atoms with E-state index in [0.717, 1.165) is 5.57 Å². The van der Waals surface area contributed by atoms with Crippen molar-refractivity contribution in [3.8, 4) is 0 Å². The van der Waals surface area contributed by atoms with Crippen LogP contribution in [0.25, 0.3) is 0 Å². The number of nitrogens with one attached hydrogen (secondary N) is 2. The first-order chi connectivity index (χ1) is 6.56. The molecule has 14 heavy (non-hydrogen) atoms. The highest BCUT2D eigenvalue weighted by Gasteiger charge is 2.01. The van der Waals surface area contributed by atoms with Crippen molar-refractivity contribution in [1.29, 1.82) is 0 Å². The zero-order valence-electron chi connectivity index (χ0n) is 8.72. The van der Waals surface area contributed by atoms with Crippen LogP contribution in [0.4, 0.5) is 4.79 Å². The van der Waals surface area contributed by atoms with Crippen molar-refractivity contribution in [3.63, 3.8) is 0 Å². The monoisotopic (exact) mass is 200 g/mol. The molecule has 0 radical (unpaired) electrons. The van der Waals surface area contributed by atoms with Gasteiger partial charge in [0.05, 0.1) is 13.5 Å². The van der Waals surface area contributed by atoms with Gasteiger partial charge in [0.1, 0.15) is 0 Å². The number of urea groups is 1. The maximum absolute atomic E-state index is 11.0. The van der Waals surface area contributed by atoms with Crippen LogP contribution in [0.5, 0.6) is 0 Å². The summed E-state index contributed by atoms with van der Waals surface area (Å²) in [7, 11) is 1.31. The fourth-order valence-electron chi connectivity index (χ4n) is 0.641. The summed E-state index contributed by atoms with van der Waals surface area (Å²) in [5.41, 5.74) is 0.994. The molecule has 0 saturated heterocycles. The Morgan fingerprint density at radius 2 is 2.00 bits per heavy atom. The molecule has 0 spiro atoms. The molecule has 80 valence electrons. The fourth-order valence-corrected chi connectivity index (χ4v) is 0.641. The van der Waals surface area contributed by atoms with Gasteiger partial charge in [-0.05, 0) is 13.8 Å². The number of amides is 2. The maximum Gasteiger partial charge on any atom is 0.318 e. The SMILES string of the molecule is COC(=O)CCNC(=O)NC=C(C)C. The Bertz CT molecular complexity index is 232. The van der Waals surface area contributed by atoms with E-state index in [1.165, 1.54) is 7.11 Å². The van der Waals surface area contributed by atoms with Crippen LogP contribution in [0.2, 0.25) is 0 Å². The molecular formula is C9H16N2O3. The van der Waals surface area contributed by atoms with Crippen molar-refractivity contribution in [2.24, 2.45) is 0 Å². The zero-order chi connectivity index (χ0) is 11.0. The van der Waals surface area contributed by atoms with E-state index in [1.54, 1.807) is 6.20 Å². The zero-order valence-corrected chi connectivity index (χ0v) is 8.72. The summed E-state index contributed by atoms with van der Waals surface area (Å²) in [5, 5.41) is 5.02. The molecule has 2 N–H and O–H groups in total. The number of hydrogen-bond acceptors (Lipinski definition) is 3. The normalized spacial score (nSPS) is 8.79. The average Bonchev–Trinajstić information content (AvgIpc) is 2.14. The third kappa shape index (κ3) is 7.15. The van der Waals surface area contributed by atoms with Crippen LogP contribution in [0.1, 0.15) is 20.3 Å². The van der Waals surface area contributed by atoms with Gasteiger partial charge in [0.15, 0.2) is 0 Å². The van der Waals surface area contributed by atoms with Crippen molar-refractivity contribution in [2.75, 3.05) is 13.7 Å². The second-order valence-electron chi connectivity index (χ2n) is 2.95. The molecule has 0 aromatic heterocycles. The maximum atomic E-state index is 11.0. The smallest absolute Gasteiger partial charge is 0.318 e. The van der Waals surface area contributed by atoms with Gasteiger partial charge in [-0.25, -0.2) is 4.79 Å². The lowest BCUT2D eigenvalue weighted by Crippen LogP contribution is -2.33. The lowest BCUT2D eigenvalue weighted by molar-refractivity contribution is -0.140. The molecule has 0 saturated carbocycles. The fraction of sp³-hybridized carbons (Fsp3) is 0.556. The number of hydrogen-bond donors (Lipinski definition) is 2. The van der Waals surface area contributed by atoms with Gasteiger partial charge < -0.3 is 15.4 Å². The predicted molar refractivity (Wildman–Crippen MR) is 52.6 cm³/mol. The van der Waals surface area contributed by atoms with Crippen LogP contribution in [0.15, 0.2) is 11.8 Å². The largest absolute Gasteiger partial charge is 0.469 e. The van der Waals surface area contributed by atoms with Crippen molar-refractivity contribution < 1.29 is 14.3 Å². The Hall–Kier alpha value is -1.52. The summed E-state index contributed by atoms with van der Waals surface area (Å²) in [6.45, 7) is 4.01. The molecular weight excluding hydrogens is 184 g/mol.